The van der Waals surface area contributed by atoms with Gasteiger partial charge in [-0.3, -0.25) is 0 Å². The molecule has 0 aliphatic heterocycles. The Morgan fingerprint density at radius 2 is 2.32 bits per heavy atom. The first-order chi connectivity index (χ1) is 9.04. The van der Waals surface area contributed by atoms with Crippen LogP contribution in [0, 0.1) is 5.82 Å². The third-order valence-electron chi connectivity index (χ3n) is 2.57. The lowest BCUT2D eigenvalue weighted by Gasteiger charge is -2.17. The van der Waals surface area contributed by atoms with Crippen molar-refractivity contribution in [2.75, 3.05) is 26.3 Å². The summed E-state index contributed by atoms with van der Waals surface area (Å²) in [7, 11) is 0. The van der Waals surface area contributed by atoms with E-state index < -0.39 is 0 Å². The van der Waals surface area contributed by atoms with Crippen LogP contribution in [-0.4, -0.2) is 26.3 Å². The third-order valence-corrected chi connectivity index (χ3v) is 3.18. The molecule has 1 rings (SSSR count). The number of hydrogen-bond donors (Lipinski definition) is 2. The number of ether oxygens (including phenoxy) is 1. The van der Waals surface area contributed by atoms with Crippen LogP contribution in [0.3, 0.4) is 0 Å². The molecule has 0 bridgehead atoms. The number of rotatable bonds is 8. The van der Waals surface area contributed by atoms with Gasteiger partial charge in [-0.1, -0.05) is 18.2 Å². The molecule has 0 aliphatic rings. The SMILES string of the molecule is C=C(C)COCCNC(CN)c1ccc(F)c(Br)c1. The lowest BCUT2D eigenvalue weighted by Crippen LogP contribution is -2.31. The Kier molecular flexibility index (Phi) is 7.23. The molecule has 106 valence electrons. The molecule has 3 nitrogen and oxygen atoms in total. The van der Waals surface area contributed by atoms with Crippen molar-refractivity contribution in [3.63, 3.8) is 0 Å². The van der Waals surface area contributed by atoms with Crippen LogP contribution in [0.5, 0.6) is 0 Å². The highest BCUT2D eigenvalue weighted by molar-refractivity contribution is 9.10. The van der Waals surface area contributed by atoms with Crippen molar-refractivity contribution >= 4 is 15.9 Å². The molecule has 1 unspecified atom stereocenters. The van der Waals surface area contributed by atoms with Crippen LogP contribution in [0.15, 0.2) is 34.8 Å². The van der Waals surface area contributed by atoms with Gasteiger partial charge >= 0.3 is 0 Å². The molecule has 0 heterocycles. The number of halogens is 2. The van der Waals surface area contributed by atoms with Crippen molar-refractivity contribution in [1.29, 1.82) is 0 Å². The van der Waals surface area contributed by atoms with Crippen molar-refractivity contribution in [2.24, 2.45) is 5.73 Å². The first-order valence-corrected chi connectivity index (χ1v) is 6.94. The van der Waals surface area contributed by atoms with Crippen molar-refractivity contribution in [3.05, 3.63) is 46.2 Å². The van der Waals surface area contributed by atoms with Gasteiger partial charge in [-0.05, 0) is 40.5 Å². The summed E-state index contributed by atoms with van der Waals surface area (Å²) in [6, 6.07) is 4.90. The Morgan fingerprint density at radius 1 is 1.58 bits per heavy atom. The first kappa shape index (κ1) is 16.3. The van der Waals surface area contributed by atoms with E-state index in [0.717, 1.165) is 11.1 Å². The average Bonchev–Trinajstić information content (AvgIpc) is 2.37. The monoisotopic (exact) mass is 330 g/mol. The zero-order chi connectivity index (χ0) is 14.3. The van der Waals surface area contributed by atoms with Gasteiger partial charge in [0, 0.05) is 19.1 Å². The topological polar surface area (TPSA) is 47.3 Å². The lowest BCUT2D eigenvalue weighted by atomic mass is 10.1. The molecular formula is C14H20BrFN2O. The Hall–Kier alpha value is -0.750. The van der Waals surface area contributed by atoms with Gasteiger partial charge in [-0.15, -0.1) is 0 Å². The second kappa shape index (κ2) is 8.43. The van der Waals surface area contributed by atoms with Gasteiger partial charge in [0.2, 0.25) is 0 Å². The summed E-state index contributed by atoms with van der Waals surface area (Å²) in [5.41, 5.74) is 7.68. The third kappa shape index (κ3) is 5.82. The fourth-order valence-electron chi connectivity index (χ4n) is 1.62. The predicted molar refractivity (Wildman–Crippen MR) is 79.5 cm³/mol. The zero-order valence-electron chi connectivity index (χ0n) is 11.1. The van der Waals surface area contributed by atoms with Crippen LogP contribution in [0.1, 0.15) is 18.5 Å². The maximum Gasteiger partial charge on any atom is 0.137 e. The number of benzene rings is 1. The summed E-state index contributed by atoms with van der Waals surface area (Å²) in [5.74, 6) is -0.274. The van der Waals surface area contributed by atoms with Crippen molar-refractivity contribution in [2.45, 2.75) is 13.0 Å². The van der Waals surface area contributed by atoms with Crippen LogP contribution >= 0.6 is 15.9 Å². The largest absolute Gasteiger partial charge is 0.376 e. The summed E-state index contributed by atoms with van der Waals surface area (Å²) in [5, 5.41) is 3.28. The van der Waals surface area contributed by atoms with Crippen LogP contribution in [0.25, 0.3) is 0 Å². The van der Waals surface area contributed by atoms with E-state index in [-0.39, 0.29) is 11.9 Å². The molecule has 0 saturated carbocycles. The molecule has 1 atom stereocenters. The van der Waals surface area contributed by atoms with Gasteiger partial charge in [-0.2, -0.15) is 0 Å². The molecule has 19 heavy (non-hydrogen) atoms. The smallest absolute Gasteiger partial charge is 0.137 e. The van der Waals surface area contributed by atoms with E-state index in [0.29, 0.717) is 30.8 Å². The van der Waals surface area contributed by atoms with Crippen molar-refractivity contribution in [3.8, 4) is 0 Å². The Bertz CT molecular complexity index is 426. The molecule has 3 N–H and O–H groups in total. The highest BCUT2D eigenvalue weighted by Crippen LogP contribution is 2.20. The van der Waals surface area contributed by atoms with Gasteiger partial charge in [0.15, 0.2) is 0 Å². The van der Waals surface area contributed by atoms with Crippen LogP contribution < -0.4 is 11.1 Å². The molecule has 0 aliphatic carbocycles. The van der Waals surface area contributed by atoms with E-state index in [4.69, 9.17) is 10.5 Å². The molecular weight excluding hydrogens is 311 g/mol. The Balaban J connectivity index is 2.44. The van der Waals surface area contributed by atoms with Gasteiger partial charge < -0.3 is 15.8 Å². The van der Waals surface area contributed by atoms with E-state index in [1.807, 2.05) is 6.92 Å². The van der Waals surface area contributed by atoms with Crippen LogP contribution in [-0.2, 0) is 4.74 Å². The molecule has 0 fully saturated rings. The van der Waals surface area contributed by atoms with Crippen molar-refractivity contribution in [1.82, 2.24) is 5.32 Å². The van der Waals surface area contributed by atoms with Crippen LogP contribution in [0.4, 0.5) is 4.39 Å². The minimum Gasteiger partial charge on any atom is -0.376 e. The average molecular weight is 331 g/mol. The number of hydrogen-bond acceptors (Lipinski definition) is 3. The fraction of sp³-hybridized carbons (Fsp3) is 0.429. The van der Waals surface area contributed by atoms with E-state index in [1.165, 1.54) is 6.07 Å². The van der Waals surface area contributed by atoms with Crippen LogP contribution in [0.2, 0.25) is 0 Å². The molecule has 0 amide bonds. The van der Waals surface area contributed by atoms with Crippen molar-refractivity contribution < 1.29 is 9.13 Å². The Labute approximate surface area is 122 Å². The summed E-state index contributed by atoms with van der Waals surface area (Å²) < 4.78 is 19.0. The van der Waals surface area contributed by atoms with Gasteiger partial charge in [0.25, 0.3) is 0 Å². The second-order valence-electron chi connectivity index (χ2n) is 4.43. The van der Waals surface area contributed by atoms with E-state index in [2.05, 4.69) is 27.8 Å². The number of nitrogens with two attached hydrogens (primary N) is 1. The highest BCUT2D eigenvalue weighted by atomic mass is 79.9. The molecule has 0 radical (unpaired) electrons. The van der Waals surface area contributed by atoms with E-state index in [1.54, 1.807) is 12.1 Å². The van der Waals surface area contributed by atoms with Gasteiger partial charge in [0.1, 0.15) is 5.82 Å². The second-order valence-corrected chi connectivity index (χ2v) is 5.28. The zero-order valence-corrected chi connectivity index (χ0v) is 12.7. The van der Waals surface area contributed by atoms with E-state index in [9.17, 15) is 4.39 Å². The summed E-state index contributed by atoms with van der Waals surface area (Å²) in [4.78, 5) is 0. The first-order valence-electron chi connectivity index (χ1n) is 6.15. The maximum atomic E-state index is 13.2. The van der Waals surface area contributed by atoms with E-state index >= 15 is 0 Å². The molecule has 5 heteroatoms. The summed E-state index contributed by atoms with van der Waals surface area (Å²) in [6.45, 7) is 7.97. The Morgan fingerprint density at radius 3 is 2.89 bits per heavy atom. The minimum atomic E-state index is -0.274. The fourth-order valence-corrected chi connectivity index (χ4v) is 2.01. The molecule has 1 aromatic carbocycles. The van der Waals surface area contributed by atoms with Gasteiger partial charge in [-0.25, -0.2) is 4.39 Å². The molecule has 0 aromatic heterocycles. The predicted octanol–water partition coefficient (Wildman–Crippen LogP) is 2.77. The quantitative estimate of drug-likeness (QED) is 0.569. The minimum absolute atomic E-state index is 0.00896. The van der Waals surface area contributed by atoms with Gasteiger partial charge in [0.05, 0.1) is 17.7 Å². The highest BCUT2D eigenvalue weighted by Gasteiger charge is 2.10. The molecule has 1 aromatic rings. The lowest BCUT2D eigenvalue weighted by molar-refractivity contribution is 0.155. The normalized spacial score (nSPS) is 12.4. The maximum absolute atomic E-state index is 13.2. The summed E-state index contributed by atoms with van der Waals surface area (Å²) in [6.07, 6.45) is 0. The number of nitrogens with one attached hydrogen (secondary N) is 1. The standard InChI is InChI=1S/C14H20BrFN2O/c1-10(2)9-19-6-5-18-14(8-17)11-3-4-13(16)12(15)7-11/h3-4,7,14,18H,1,5-6,8-9,17H2,2H3. The summed E-state index contributed by atoms with van der Waals surface area (Å²) >= 11 is 3.17. The molecule has 0 spiro atoms. The molecule has 0 saturated heterocycles.